The maximum Gasteiger partial charge on any atom is 0.303 e. The van der Waals surface area contributed by atoms with Crippen molar-refractivity contribution in [2.45, 2.75) is 102 Å². The third-order valence-electron chi connectivity index (χ3n) is 7.62. The van der Waals surface area contributed by atoms with Gasteiger partial charge in [-0.25, -0.2) is 8.78 Å². The van der Waals surface area contributed by atoms with Gasteiger partial charge < -0.3 is 20.8 Å². The number of carbonyl (C=O) groups excluding carboxylic acids is 1. The number of hydrogen-bond donors (Lipinski definition) is 4. The molecule has 1 saturated carbocycles. The molecule has 2 aromatic carbocycles. The molecule has 3 rings (SSSR count). The summed E-state index contributed by atoms with van der Waals surface area (Å²) in [6, 6.07) is 10.9. The van der Waals surface area contributed by atoms with Crippen LogP contribution in [0.2, 0.25) is 0 Å². The van der Waals surface area contributed by atoms with Crippen LogP contribution in [0.25, 0.3) is 0 Å². The summed E-state index contributed by atoms with van der Waals surface area (Å²) in [5.41, 5.74) is 2.37. The number of carboxylic acids is 1. The number of aliphatic carboxylic acids is 1. The maximum atomic E-state index is 13.9. The molecule has 0 heterocycles. The molecule has 0 spiro atoms. The fourth-order valence-corrected chi connectivity index (χ4v) is 5.39. The fraction of sp³-hybridized carbons (Fsp3) is 0.548. The molecule has 6 nitrogen and oxygen atoms in total. The monoisotopic (exact) mass is 544 g/mol. The van der Waals surface area contributed by atoms with Crippen molar-refractivity contribution < 1.29 is 28.6 Å². The van der Waals surface area contributed by atoms with E-state index in [4.69, 9.17) is 5.11 Å². The highest BCUT2D eigenvalue weighted by Gasteiger charge is 2.35. The van der Waals surface area contributed by atoms with E-state index >= 15 is 0 Å². The van der Waals surface area contributed by atoms with Crippen LogP contribution in [0.3, 0.4) is 0 Å². The van der Waals surface area contributed by atoms with Crippen molar-refractivity contribution in [3.63, 3.8) is 0 Å². The van der Waals surface area contributed by atoms with Crippen LogP contribution >= 0.6 is 0 Å². The van der Waals surface area contributed by atoms with Crippen LogP contribution in [-0.2, 0) is 27.0 Å². The molecule has 2 aromatic rings. The number of carboxylic acid groups (broad SMARTS) is 1. The van der Waals surface area contributed by atoms with E-state index < -0.39 is 35.7 Å². The van der Waals surface area contributed by atoms with Crippen molar-refractivity contribution in [1.29, 1.82) is 0 Å². The molecular weight excluding hydrogens is 502 g/mol. The van der Waals surface area contributed by atoms with Gasteiger partial charge in [0.15, 0.2) is 0 Å². The van der Waals surface area contributed by atoms with Crippen LogP contribution in [0.15, 0.2) is 42.5 Å². The lowest BCUT2D eigenvalue weighted by Crippen LogP contribution is -2.53. The zero-order valence-electron chi connectivity index (χ0n) is 23.2. The first-order valence-corrected chi connectivity index (χ1v) is 13.9. The highest BCUT2D eigenvalue weighted by molar-refractivity contribution is 5.77. The van der Waals surface area contributed by atoms with Crippen LogP contribution in [0.4, 0.5) is 8.78 Å². The van der Waals surface area contributed by atoms with Gasteiger partial charge in [0, 0.05) is 31.0 Å². The summed E-state index contributed by atoms with van der Waals surface area (Å²) in [4.78, 5) is 23.4. The Bertz CT molecular complexity index is 1110. The number of aliphatic hydroxyl groups excluding tert-OH is 1. The number of hydrogen-bond acceptors (Lipinski definition) is 4. The molecule has 0 bridgehead atoms. The molecule has 0 saturated heterocycles. The van der Waals surface area contributed by atoms with Crippen molar-refractivity contribution in [3.05, 3.63) is 70.8 Å². The normalized spacial score (nSPS) is 16.9. The van der Waals surface area contributed by atoms with Crippen molar-refractivity contribution in [3.8, 4) is 0 Å². The molecule has 1 aliphatic rings. The minimum Gasteiger partial charge on any atom is -0.481 e. The topological polar surface area (TPSA) is 98.7 Å². The number of rotatable bonds is 12. The largest absolute Gasteiger partial charge is 0.481 e. The van der Waals surface area contributed by atoms with Gasteiger partial charge in [-0.1, -0.05) is 64.3 Å². The van der Waals surface area contributed by atoms with Gasteiger partial charge in [0.1, 0.15) is 11.6 Å². The Morgan fingerprint density at radius 2 is 1.67 bits per heavy atom. The van der Waals surface area contributed by atoms with Crippen molar-refractivity contribution >= 4 is 11.9 Å². The quantitative estimate of drug-likeness (QED) is 0.289. The van der Waals surface area contributed by atoms with Crippen LogP contribution in [0.5, 0.6) is 0 Å². The van der Waals surface area contributed by atoms with Crippen LogP contribution < -0.4 is 10.6 Å². The predicted molar refractivity (Wildman–Crippen MR) is 147 cm³/mol. The average molecular weight is 545 g/mol. The van der Waals surface area contributed by atoms with E-state index in [9.17, 15) is 23.5 Å². The lowest BCUT2D eigenvalue weighted by atomic mass is 9.74. The molecular formula is C31H42F2N2O4. The van der Waals surface area contributed by atoms with Gasteiger partial charge in [-0.2, -0.15) is 0 Å². The molecule has 2 atom stereocenters. The van der Waals surface area contributed by atoms with E-state index in [1.807, 2.05) is 0 Å². The first-order valence-electron chi connectivity index (χ1n) is 13.9. The van der Waals surface area contributed by atoms with Gasteiger partial charge in [-0.15, -0.1) is 0 Å². The lowest BCUT2D eigenvalue weighted by Gasteiger charge is -2.41. The number of aliphatic hydroxyl groups is 1. The molecule has 0 radical (unpaired) electrons. The summed E-state index contributed by atoms with van der Waals surface area (Å²) >= 11 is 0. The Morgan fingerprint density at radius 3 is 2.28 bits per heavy atom. The number of carbonyl (C=O) groups is 2. The van der Waals surface area contributed by atoms with Crippen LogP contribution in [0, 0.1) is 11.6 Å². The van der Waals surface area contributed by atoms with Gasteiger partial charge in [0.05, 0.1) is 12.1 Å². The van der Waals surface area contributed by atoms with Crippen molar-refractivity contribution in [2.75, 3.05) is 6.54 Å². The summed E-state index contributed by atoms with van der Waals surface area (Å²) in [6.45, 7) is 6.69. The fourth-order valence-electron chi connectivity index (χ4n) is 5.39. The lowest BCUT2D eigenvalue weighted by molar-refractivity contribution is -0.137. The Kier molecular flexibility index (Phi) is 10.6. The van der Waals surface area contributed by atoms with E-state index in [2.05, 4.69) is 55.7 Å². The third-order valence-corrected chi connectivity index (χ3v) is 7.62. The highest BCUT2D eigenvalue weighted by Crippen LogP contribution is 2.38. The number of halogens is 2. The molecule has 214 valence electrons. The molecule has 0 aliphatic heterocycles. The minimum absolute atomic E-state index is 0.0123. The molecule has 8 heteroatoms. The molecule has 1 amide bonds. The molecule has 1 aliphatic carbocycles. The Balaban J connectivity index is 1.80. The number of nitrogens with one attached hydrogen (secondary N) is 2. The number of benzene rings is 2. The van der Waals surface area contributed by atoms with Crippen LogP contribution in [-0.4, -0.2) is 40.8 Å². The highest BCUT2D eigenvalue weighted by atomic mass is 19.1. The summed E-state index contributed by atoms with van der Waals surface area (Å²) in [5.74, 6) is -2.87. The van der Waals surface area contributed by atoms with E-state index in [-0.39, 0.29) is 43.2 Å². The second-order valence-corrected chi connectivity index (χ2v) is 11.8. The smallest absolute Gasteiger partial charge is 0.303 e. The zero-order chi connectivity index (χ0) is 28.6. The van der Waals surface area contributed by atoms with E-state index in [0.717, 1.165) is 38.2 Å². The summed E-state index contributed by atoms with van der Waals surface area (Å²) < 4.78 is 27.7. The maximum absolute atomic E-state index is 13.9. The summed E-state index contributed by atoms with van der Waals surface area (Å²) in [5, 5.41) is 26.6. The van der Waals surface area contributed by atoms with Crippen LogP contribution in [0.1, 0.15) is 88.8 Å². The average Bonchev–Trinajstić information content (AvgIpc) is 2.86. The van der Waals surface area contributed by atoms with Gasteiger partial charge in [0.25, 0.3) is 0 Å². The van der Waals surface area contributed by atoms with Gasteiger partial charge in [0.2, 0.25) is 5.91 Å². The van der Waals surface area contributed by atoms with Gasteiger partial charge in [-0.3, -0.25) is 9.59 Å². The molecule has 39 heavy (non-hydrogen) atoms. The second kappa shape index (κ2) is 13.5. The zero-order valence-corrected chi connectivity index (χ0v) is 23.2. The van der Waals surface area contributed by atoms with E-state index in [1.165, 1.54) is 23.3 Å². The summed E-state index contributed by atoms with van der Waals surface area (Å²) in [6.07, 6.45) is 4.03. The summed E-state index contributed by atoms with van der Waals surface area (Å²) in [7, 11) is 0. The second-order valence-electron chi connectivity index (χ2n) is 11.8. The molecule has 0 unspecified atom stereocenters. The van der Waals surface area contributed by atoms with E-state index in [1.54, 1.807) is 0 Å². The molecule has 4 N–H and O–H groups in total. The van der Waals surface area contributed by atoms with E-state index in [0.29, 0.717) is 5.56 Å². The predicted octanol–water partition coefficient (Wildman–Crippen LogP) is 5.35. The Morgan fingerprint density at radius 1 is 1.00 bits per heavy atom. The number of amides is 1. The minimum atomic E-state index is -1.05. The first kappa shape index (κ1) is 30.7. The third kappa shape index (κ3) is 9.11. The van der Waals surface area contributed by atoms with Crippen molar-refractivity contribution in [2.24, 2.45) is 0 Å². The van der Waals surface area contributed by atoms with Gasteiger partial charge >= 0.3 is 5.97 Å². The SMILES string of the molecule is CC(C)(C)c1cccc(C2(NC[C@H](O)[C@H](Cc3cc(F)cc(F)c3)NC(=O)CCCC(=O)O)CCCCC2)c1. The Labute approximate surface area is 230 Å². The Hall–Kier alpha value is -2.84. The van der Waals surface area contributed by atoms with Crippen molar-refractivity contribution in [1.82, 2.24) is 10.6 Å². The first-order chi connectivity index (χ1) is 18.4. The standard InChI is InChI=1S/C31H42F2N2O4/c1-30(2,3)22-9-7-10-23(18-22)31(13-5-4-6-14-31)34-20-27(36)26(35-28(37)11-8-12-29(38)39)17-21-15-24(32)19-25(33)16-21/h7,9-10,15-16,18-19,26-27,34,36H,4-6,8,11-14,17,20H2,1-3H3,(H,35,37)(H,38,39)/t26-,27-/m0/s1. The molecule has 1 fully saturated rings. The van der Waals surface area contributed by atoms with Gasteiger partial charge in [-0.05, 0) is 59.9 Å². The molecule has 0 aromatic heterocycles.